The Morgan fingerprint density at radius 1 is 1.19 bits per heavy atom. The first-order chi connectivity index (χ1) is 12.1. The van der Waals surface area contributed by atoms with Gasteiger partial charge >= 0.3 is 0 Å². The van der Waals surface area contributed by atoms with E-state index in [0.717, 1.165) is 37.3 Å². The molecule has 1 saturated carbocycles. The third-order valence-electron chi connectivity index (χ3n) is 4.84. The first-order valence-electron chi connectivity index (χ1n) is 8.52. The van der Waals surface area contributed by atoms with E-state index in [9.17, 15) is 4.79 Å². The Labute approximate surface area is 169 Å². The summed E-state index contributed by atoms with van der Waals surface area (Å²) in [6.45, 7) is 0. The highest BCUT2D eigenvalue weighted by Crippen LogP contribution is 2.33. The average Bonchev–Trinajstić information content (AvgIpc) is 3.22. The predicted molar refractivity (Wildman–Crippen MR) is 108 cm³/mol. The molecule has 8 nitrogen and oxygen atoms in total. The lowest BCUT2D eigenvalue weighted by Gasteiger charge is -2.25. The van der Waals surface area contributed by atoms with Crippen LogP contribution in [0.1, 0.15) is 37.4 Å². The van der Waals surface area contributed by atoms with Gasteiger partial charge in [0.2, 0.25) is 0 Å². The van der Waals surface area contributed by atoms with Crippen molar-refractivity contribution in [3.8, 4) is 17.2 Å². The second-order valence-electron chi connectivity index (χ2n) is 6.54. The number of pyridine rings is 1. The summed E-state index contributed by atoms with van der Waals surface area (Å²) in [5, 5.41) is 8.86. The van der Waals surface area contributed by atoms with E-state index in [1.54, 1.807) is 29.2 Å². The summed E-state index contributed by atoms with van der Waals surface area (Å²) in [6.07, 6.45) is 7.24. The lowest BCUT2D eigenvalue weighted by molar-refractivity contribution is 0.379. The molecule has 0 atom stereocenters. The van der Waals surface area contributed by atoms with Gasteiger partial charge in [-0.25, -0.2) is 4.98 Å². The highest BCUT2D eigenvalue weighted by atomic mass is 35.5. The number of hydrogen-bond donors (Lipinski definition) is 2. The van der Waals surface area contributed by atoms with Crippen LogP contribution in [0.5, 0.6) is 0 Å². The fourth-order valence-electron chi connectivity index (χ4n) is 3.42. The standard InChI is InChI=1S/C17H21N7O.2ClH/c1-23-14(8-10-20-23)24-16(11-4-6-12(18)7-5-11)21-15(22-24)13-3-2-9-19-17(13)25;;/h2-3,8-12H,4-7,18H2,1H3,(H,19,25);2*1H. The Morgan fingerprint density at radius 3 is 2.56 bits per heavy atom. The molecule has 1 aliphatic carbocycles. The first kappa shape index (κ1) is 21.1. The Kier molecular flexibility index (Phi) is 6.80. The molecule has 0 aliphatic heterocycles. The number of halogens is 2. The Hall–Kier alpha value is -2.16. The lowest BCUT2D eigenvalue weighted by atomic mass is 9.86. The van der Waals surface area contributed by atoms with Crippen LogP contribution >= 0.6 is 24.8 Å². The zero-order chi connectivity index (χ0) is 17.4. The molecule has 27 heavy (non-hydrogen) atoms. The molecule has 0 radical (unpaired) electrons. The van der Waals surface area contributed by atoms with Crippen LogP contribution < -0.4 is 11.3 Å². The van der Waals surface area contributed by atoms with Crippen LogP contribution in [-0.2, 0) is 7.05 Å². The van der Waals surface area contributed by atoms with Crippen LogP contribution in [0.4, 0.5) is 0 Å². The minimum absolute atomic E-state index is 0. The summed E-state index contributed by atoms with van der Waals surface area (Å²) in [5.74, 6) is 2.41. The second-order valence-corrected chi connectivity index (χ2v) is 6.54. The van der Waals surface area contributed by atoms with Gasteiger partial charge in [0.15, 0.2) is 11.6 Å². The Bertz CT molecular complexity index is 941. The van der Waals surface area contributed by atoms with Crippen LogP contribution in [0.2, 0.25) is 0 Å². The van der Waals surface area contributed by atoms with Gasteiger partial charge in [-0.2, -0.15) is 9.78 Å². The van der Waals surface area contributed by atoms with Gasteiger partial charge in [0.1, 0.15) is 5.82 Å². The van der Waals surface area contributed by atoms with Gasteiger partial charge in [-0.3, -0.25) is 9.48 Å². The third kappa shape index (κ3) is 4.07. The van der Waals surface area contributed by atoms with E-state index in [4.69, 9.17) is 10.7 Å². The van der Waals surface area contributed by atoms with Crippen molar-refractivity contribution >= 4 is 24.8 Å². The monoisotopic (exact) mass is 411 g/mol. The van der Waals surface area contributed by atoms with Gasteiger partial charge in [0.25, 0.3) is 5.56 Å². The fourth-order valence-corrected chi connectivity index (χ4v) is 3.42. The zero-order valence-corrected chi connectivity index (χ0v) is 16.5. The molecule has 3 aromatic heterocycles. The third-order valence-corrected chi connectivity index (χ3v) is 4.84. The van der Waals surface area contributed by atoms with Gasteiger partial charge in [0.05, 0.1) is 11.8 Å². The van der Waals surface area contributed by atoms with Crippen LogP contribution in [0, 0.1) is 0 Å². The number of nitrogens with one attached hydrogen (secondary N) is 1. The topological polar surface area (TPSA) is 107 Å². The largest absolute Gasteiger partial charge is 0.328 e. The number of rotatable bonds is 3. The molecular formula is C17H23Cl2N7O. The van der Waals surface area contributed by atoms with Crippen molar-refractivity contribution in [3.63, 3.8) is 0 Å². The predicted octanol–water partition coefficient (Wildman–Crippen LogP) is 2.18. The van der Waals surface area contributed by atoms with Crippen molar-refractivity contribution in [1.29, 1.82) is 0 Å². The molecule has 0 amide bonds. The molecule has 0 spiro atoms. The number of H-pyrrole nitrogens is 1. The quantitative estimate of drug-likeness (QED) is 0.686. The molecule has 3 aromatic rings. The summed E-state index contributed by atoms with van der Waals surface area (Å²) >= 11 is 0. The molecule has 0 aromatic carbocycles. The second kappa shape index (κ2) is 8.69. The minimum Gasteiger partial charge on any atom is -0.328 e. The number of aromatic nitrogens is 6. The van der Waals surface area contributed by atoms with Gasteiger partial charge in [-0.15, -0.1) is 29.9 Å². The highest BCUT2D eigenvalue weighted by Gasteiger charge is 2.27. The van der Waals surface area contributed by atoms with Crippen LogP contribution in [0.3, 0.4) is 0 Å². The summed E-state index contributed by atoms with van der Waals surface area (Å²) in [5.41, 5.74) is 6.32. The molecule has 3 N–H and O–H groups in total. The number of aromatic amines is 1. The minimum atomic E-state index is -0.193. The van der Waals surface area contributed by atoms with Crippen molar-refractivity contribution in [2.75, 3.05) is 0 Å². The molecule has 1 aliphatic rings. The smallest absolute Gasteiger partial charge is 0.259 e. The Balaban J connectivity index is 0.00000131. The molecule has 1 fully saturated rings. The fraction of sp³-hybridized carbons (Fsp3) is 0.412. The molecule has 0 bridgehead atoms. The van der Waals surface area contributed by atoms with E-state index in [0.29, 0.717) is 11.4 Å². The van der Waals surface area contributed by atoms with Gasteiger partial charge < -0.3 is 10.7 Å². The maximum absolute atomic E-state index is 12.1. The van der Waals surface area contributed by atoms with Crippen LogP contribution in [0.25, 0.3) is 17.2 Å². The number of hydrogen-bond acceptors (Lipinski definition) is 5. The van der Waals surface area contributed by atoms with Gasteiger partial charge in [-0.05, 0) is 37.8 Å². The van der Waals surface area contributed by atoms with E-state index in [1.807, 2.05) is 17.8 Å². The molecule has 3 heterocycles. The van der Waals surface area contributed by atoms with Crippen molar-refractivity contribution in [1.82, 2.24) is 29.5 Å². The molecule has 146 valence electrons. The molecular weight excluding hydrogens is 389 g/mol. The summed E-state index contributed by atoms with van der Waals surface area (Å²) in [4.78, 5) is 19.6. The van der Waals surface area contributed by atoms with Crippen molar-refractivity contribution in [2.45, 2.75) is 37.6 Å². The lowest BCUT2D eigenvalue weighted by Crippen LogP contribution is -2.27. The molecule has 10 heteroatoms. The van der Waals surface area contributed by atoms with Crippen LogP contribution in [-0.4, -0.2) is 35.6 Å². The van der Waals surface area contributed by atoms with E-state index in [-0.39, 0.29) is 42.3 Å². The number of nitrogens with zero attached hydrogens (tertiary/aromatic N) is 5. The SMILES string of the molecule is Cl.Cl.Cn1nccc1-n1nc(-c2ccc[nH]c2=O)nc1C1CCC(N)CC1. The van der Waals surface area contributed by atoms with E-state index >= 15 is 0 Å². The van der Waals surface area contributed by atoms with E-state index < -0.39 is 0 Å². The summed E-state index contributed by atoms with van der Waals surface area (Å²) in [6, 6.07) is 5.68. The summed E-state index contributed by atoms with van der Waals surface area (Å²) < 4.78 is 3.57. The molecule has 0 unspecified atom stereocenters. The Morgan fingerprint density at radius 2 is 1.93 bits per heavy atom. The molecule has 4 rings (SSSR count). The van der Waals surface area contributed by atoms with Crippen LogP contribution in [0.15, 0.2) is 35.4 Å². The summed E-state index contributed by atoms with van der Waals surface area (Å²) in [7, 11) is 1.87. The number of aryl methyl sites for hydroxylation is 1. The maximum Gasteiger partial charge on any atom is 0.259 e. The highest BCUT2D eigenvalue weighted by molar-refractivity contribution is 5.85. The maximum atomic E-state index is 12.1. The van der Waals surface area contributed by atoms with Gasteiger partial charge in [0, 0.05) is 31.3 Å². The van der Waals surface area contributed by atoms with Crippen molar-refractivity contribution < 1.29 is 0 Å². The van der Waals surface area contributed by atoms with Gasteiger partial charge in [-0.1, -0.05) is 0 Å². The van der Waals surface area contributed by atoms with E-state index in [1.165, 1.54) is 0 Å². The van der Waals surface area contributed by atoms with Crippen molar-refractivity contribution in [3.05, 3.63) is 46.8 Å². The average molecular weight is 412 g/mol. The first-order valence-corrected chi connectivity index (χ1v) is 8.52. The zero-order valence-electron chi connectivity index (χ0n) is 14.9. The van der Waals surface area contributed by atoms with Crippen molar-refractivity contribution in [2.24, 2.45) is 12.8 Å². The van der Waals surface area contributed by atoms with E-state index in [2.05, 4.69) is 15.2 Å². The number of nitrogens with two attached hydrogens (primary N) is 1. The molecule has 0 saturated heterocycles. The normalized spacial score (nSPS) is 19.2.